The standard InChI is InChI=1S/C12H15ClN4OS.C2H6/c1-7(18)17-4-2-8(6-17)14-11-10-9(3-5-19-10)15-12(13)16-11;1-2/h8H,2-6H2,1H3,(H,14,15,16);1-2H3/t8-;/m0./s1. The second-order valence-electron chi connectivity index (χ2n) is 4.81. The topological polar surface area (TPSA) is 58.1 Å². The number of carbonyl (C=O) groups excluding carboxylic acids is 1. The molecule has 3 heterocycles. The molecule has 0 aliphatic carbocycles. The lowest BCUT2D eigenvalue weighted by Gasteiger charge is -2.17. The molecule has 116 valence electrons. The van der Waals surface area contributed by atoms with Crippen molar-refractivity contribution in [2.75, 3.05) is 24.2 Å². The average molecular weight is 329 g/mol. The summed E-state index contributed by atoms with van der Waals surface area (Å²) >= 11 is 7.72. The molecular weight excluding hydrogens is 308 g/mol. The molecule has 1 fully saturated rings. The van der Waals surface area contributed by atoms with Crippen molar-refractivity contribution in [1.82, 2.24) is 14.9 Å². The fourth-order valence-corrected chi connectivity index (χ4v) is 3.73. The fraction of sp³-hybridized carbons (Fsp3) is 0.643. The highest BCUT2D eigenvalue weighted by atomic mass is 35.5. The van der Waals surface area contributed by atoms with E-state index in [0.29, 0.717) is 5.28 Å². The Balaban J connectivity index is 0.000000774. The number of fused-ring (bicyclic) bond motifs is 1. The largest absolute Gasteiger partial charge is 0.364 e. The lowest BCUT2D eigenvalue weighted by atomic mass is 10.2. The van der Waals surface area contributed by atoms with Gasteiger partial charge in [-0.05, 0) is 18.0 Å². The second kappa shape index (κ2) is 7.31. The van der Waals surface area contributed by atoms with Crippen molar-refractivity contribution in [3.63, 3.8) is 0 Å². The van der Waals surface area contributed by atoms with Crippen LogP contribution in [0.25, 0.3) is 0 Å². The summed E-state index contributed by atoms with van der Waals surface area (Å²) in [5.41, 5.74) is 1.04. The van der Waals surface area contributed by atoms with E-state index >= 15 is 0 Å². The second-order valence-corrected chi connectivity index (χ2v) is 6.25. The van der Waals surface area contributed by atoms with Gasteiger partial charge in [-0.3, -0.25) is 4.79 Å². The Labute approximate surface area is 134 Å². The van der Waals surface area contributed by atoms with Crippen LogP contribution in [0.2, 0.25) is 5.28 Å². The van der Waals surface area contributed by atoms with E-state index in [4.69, 9.17) is 11.6 Å². The van der Waals surface area contributed by atoms with Gasteiger partial charge in [-0.15, -0.1) is 11.8 Å². The summed E-state index contributed by atoms with van der Waals surface area (Å²) in [6.07, 6.45) is 1.89. The van der Waals surface area contributed by atoms with Crippen LogP contribution in [0, 0.1) is 0 Å². The number of anilines is 1. The van der Waals surface area contributed by atoms with Crippen molar-refractivity contribution in [2.45, 2.75) is 44.6 Å². The van der Waals surface area contributed by atoms with Crippen molar-refractivity contribution >= 4 is 35.1 Å². The maximum absolute atomic E-state index is 11.3. The van der Waals surface area contributed by atoms with Crippen LogP contribution in [0.15, 0.2) is 4.90 Å². The molecule has 7 heteroatoms. The van der Waals surface area contributed by atoms with E-state index in [1.54, 1.807) is 18.7 Å². The van der Waals surface area contributed by atoms with Gasteiger partial charge in [0.2, 0.25) is 11.2 Å². The first-order valence-corrected chi connectivity index (χ1v) is 8.71. The van der Waals surface area contributed by atoms with Crippen LogP contribution in [0.4, 0.5) is 5.82 Å². The molecule has 1 atom stereocenters. The number of aryl methyl sites for hydroxylation is 1. The van der Waals surface area contributed by atoms with Gasteiger partial charge < -0.3 is 10.2 Å². The number of thioether (sulfide) groups is 1. The quantitative estimate of drug-likeness (QED) is 0.846. The molecule has 1 aromatic rings. The molecule has 21 heavy (non-hydrogen) atoms. The molecule has 0 spiro atoms. The molecule has 2 aliphatic heterocycles. The minimum Gasteiger partial charge on any atom is -0.364 e. The molecule has 3 rings (SSSR count). The van der Waals surface area contributed by atoms with Gasteiger partial charge in [0.25, 0.3) is 0 Å². The SMILES string of the molecule is CC.CC(=O)N1CC[C@H](Nc2nc(Cl)nc3c2SCC3)C1. The molecule has 0 aromatic carbocycles. The van der Waals surface area contributed by atoms with Crippen molar-refractivity contribution in [3.8, 4) is 0 Å². The van der Waals surface area contributed by atoms with Gasteiger partial charge in [0.05, 0.1) is 10.6 Å². The Morgan fingerprint density at radius 2 is 2.19 bits per heavy atom. The first kappa shape index (κ1) is 16.4. The minimum atomic E-state index is 0.129. The summed E-state index contributed by atoms with van der Waals surface area (Å²) in [4.78, 5) is 22.9. The van der Waals surface area contributed by atoms with Crippen LogP contribution in [-0.4, -0.2) is 45.7 Å². The number of likely N-dealkylation sites (tertiary alicyclic amines) is 1. The number of aromatic nitrogens is 2. The third-order valence-electron chi connectivity index (χ3n) is 3.47. The van der Waals surface area contributed by atoms with E-state index in [2.05, 4.69) is 15.3 Å². The summed E-state index contributed by atoms with van der Waals surface area (Å²) in [6, 6.07) is 0.250. The molecule has 0 saturated carbocycles. The predicted molar refractivity (Wildman–Crippen MR) is 87.1 cm³/mol. The van der Waals surface area contributed by atoms with Crippen molar-refractivity contribution in [1.29, 1.82) is 0 Å². The lowest BCUT2D eigenvalue weighted by Crippen LogP contribution is -2.30. The van der Waals surface area contributed by atoms with Gasteiger partial charge in [0.15, 0.2) is 0 Å². The Hall–Kier alpha value is -1.01. The Bertz CT molecular complexity index is 526. The molecule has 1 N–H and O–H groups in total. The van der Waals surface area contributed by atoms with Crippen LogP contribution in [0.3, 0.4) is 0 Å². The predicted octanol–water partition coefficient (Wildman–Crippen LogP) is 2.84. The summed E-state index contributed by atoms with van der Waals surface area (Å²) in [5, 5.41) is 3.71. The summed E-state index contributed by atoms with van der Waals surface area (Å²) < 4.78 is 0. The molecule has 0 bridgehead atoms. The molecule has 1 saturated heterocycles. The van der Waals surface area contributed by atoms with E-state index < -0.39 is 0 Å². The third kappa shape index (κ3) is 3.80. The maximum Gasteiger partial charge on any atom is 0.224 e. The molecular formula is C14H21ClN4OS. The monoisotopic (exact) mass is 328 g/mol. The van der Waals surface area contributed by atoms with Gasteiger partial charge in [-0.1, -0.05) is 13.8 Å². The Kier molecular flexibility index (Phi) is 5.70. The maximum atomic E-state index is 11.3. The highest BCUT2D eigenvalue weighted by Crippen LogP contribution is 2.36. The fourth-order valence-electron chi connectivity index (χ4n) is 2.49. The van der Waals surface area contributed by atoms with Crippen LogP contribution < -0.4 is 5.32 Å². The number of hydrogen-bond donors (Lipinski definition) is 1. The molecule has 2 aliphatic rings. The summed E-state index contributed by atoms with van der Waals surface area (Å²) in [5.74, 6) is 1.99. The lowest BCUT2D eigenvalue weighted by molar-refractivity contribution is -0.127. The van der Waals surface area contributed by atoms with Crippen LogP contribution in [-0.2, 0) is 11.2 Å². The summed E-state index contributed by atoms with van der Waals surface area (Å²) in [6.45, 7) is 7.15. The Morgan fingerprint density at radius 3 is 2.86 bits per heavy atom. The third-order valence-corrected chi connectivity index (χ3v) is 4.76. The Morgan fingerprint density at radius 1 is 1.43 bits per heavy atom. The highest BCUT2D eigenvalue weighted by Gasteiger charge is 2.27. The normalized spacial score (nSPS) is 19.8. The molecule has 5 nitrogen and oxygen atoms in total. The number of nitrogens with zero attached hydrogens (tertiary/aromatic N) is 3. The number of halogens is 1. The van der Waals surface area contributed by atoms with Crippen molar-refractivity contribution < 1.29 is 4.79 Å². The van der Waals surface area contributed by atoms with Gasteiger partial charge >= 0.3 is 0 Å². The van der Waals surface area contributed by atoms with Gasteiger partial charge in [-0.2, -0.15) is 4.98 Å². The number of nitrogens with one attached hydrogen (secondary N) is 1. The molecule has 0 unspecified atom stereocenters. The zero-order valence-electron chi connectivity index (χ0n) is 12.6. The number of amides is 1. The van der Waals surface area contributed by atoms with Gasteiger partial charge in [0, 0.05) is 38.2 Å². The van der Waals surface area contributed by atoms with Crippen LogP contribution >= 0.6 is 23.4 Å². The first-order valence-electron chi connectivity index (χ1n) is 7.35. The zero-order valence-corrected chi connectivity index (χ0v) is 14.2. The van der Waals surface area contributed by atoms with Crippen LogP contribution in [0.5, 0.6) is 0 Å². The number of carbonyl (C=O) groups is 1. The van der Waals surface area contributed by atoms with Gasteiger partial charge in [-0.25, -0.2) is 4.98 Å². The molecule has 0 radical (unpaired) electrons. The molecule has 1 amide bonds. The summed E-state index contributed by atoms with van der Waals surface area (Å²) in [7, 11) is 0. The van der Waals surface area contributed by atoms with E-state index in [1.807, 2.05) is 18.7 Å². The van der Waals surface area contributed by atoms with E-state index in [-0.39, 0.29) is 11.9 Å². The van der Waals surface area contributed by atoms with E-state index in [9.17, 15) is 4.79 Å². The number of rotatable bonds is 2. The van der Waals surface area contributed by atoms with E-state index in [1.165, 1.54) is 0 Å². The highest BCUT2D eigenvalue weighted by molar-refractivity contribution is 7.99. The van der Waals surface area contributed by atoms with Crippen LogP contribution in [0.1, 0.15) is 32.9 Å². The smallest absolute Gasteiger partial charge is 0.224 e. The molecule has 1 aromatic heterocycles. The van der Waals surface area contributed by atoms with Crippen molar-refractivity contribution in [2.24, 2.45) is 0 Å². The average Bonchev–Trinajstić information content (AvgIpc) is 3.09. The van der Waals surface area contributed by atoms with Gasteiger partial charge in [0.1, 0.15) is 5.82 Å². The zero-order chi connectivity index (χ0) is 15.4. The minimum absolute atomic E-state index is 0.129. The number of hydrogen-bond acceptors (Lipinski definition) is 5. The van der Waals surface area contributed by atoms with Crippen molar-refractivity contribution in [3.05, 3.63) is 11.0 Å². The first-order chi connectivity index (χ1) is 10.1. The van der Waals surface area contributed by atoms with E-state index in [0.717, 1.165) is 48.1 Å².